The Hall–Kier alpha value is -2.04. The average molecular weight is 287 g/mol. The molecule has 0 unspecified atom stereocenters. The second-order valence-corrected chi connectivity index (χ2v) is 4.58. The van der Waals surface area contributed by atoms with E-state index < -0.39 is 0 Å². The molecular formula is C17H21NO3. The molecule has 112 valence electrons. The molecule has 0 amide bonds. The third kappa shape index (κ3) is 4.48. The molecular weight excluding hydrogens is 266 g/mol. The van der Waals surface area contributed by atoms with Crippen LogP contribution in [0.25, 0.3) is 0 Å². The lowest BCUT2D eigenvalue weighted by Gasteiger charge is -2.15. The van der Waals surface area contributed by atoms with Gasteiger partial charge < -0.3 is 19.5 Å². The van der Waals surface area contributed by atoms with E-state index in [0.717, 1.165) is 16.9 Å². The van der Waals surface area contributed by atoms with Gasteiger partial charge in [-0.3, -0.25) is 0 Å². The zero-order valence-electron chi connectivity index (χ0n) is 12.5. The molecule has 1 N–H and O–H groups in total. The van der Waals surface area contributed by atoms with Gasteiger partial charge in [0.15, 0.2) is 18.3 Å². The molecule has 0 saturated heterocycles. The highest BCUT2D eigenvalue weighted by Crippen LogP contribution is 2.31. The van der Waals surface area contributed by atoms with E-state index in [9.17, 15) is 0 Å². The fraction of sp³-hybridized carbons (Fsp3) is 0.294. The predicted octanol–water partition coefficient (Wildman–Crippen LogP) is 2.97. The van der Waals surface area contributed by atoms with Gasteiger partial charge in [-0.05, 0) is 18.7 Å². The Bertz CT molecular complexity index is 543. The molecule has 2 aromatic carbocycles. The Labute approximate surface area is 125 Å². The van der Waals surface area contributed by atoms with Gasteiger partial charge in [0.05, 0.1) is 13.7 Å². The Kier molecular flexibility index (Phi) is 6.06. The van der Waals surface area contributed by atoms with Gasteiger partial charge in [-0.2, -0.15) is 0 Å². The van der Waals surface area contributed by atoms with Crippen LogP contribution < -0.4 is 14.8 Å². The van der Waals surface area contributed by atoms with Gasteiger partial charge in [0.1, 0.15) is 0 Å². The molecule has 0 heterocycles. The molecule has 0 radical (unpaired) electrons. The van der Waals surface area contributed by atoms with E-state index in [0.29, 0.717) is 18.9 Å². The standard InChI is InChI=1S/C17H21NO3/c1-18-11-15-9-6-10-16(19-2)17(15)21-13-20-12-14-7-4-3-5-8-14/h3-10,18H,11-13H2,1-2H3. The summed E-state index contributed by atoms with van der Waals surface area (Å²) in [4.78, 5) is 0. The summed E-state index contributed by atoms with van der Waals surface area (Å²) in [6.45, 7) is 1.43. The zero-order valence-corrected chi connectivity index (χ0v) is 12.5. The Morgan fingerprint density at radius 1 is 1.00 bits per heavy atom. The number of benzene rings is 2. The van der Waals surface area contributed by atoms with Gasteiger partial charge in [-0.15, -0.1) is 0 Å². The molecule has 0 bridgehead atoms. The smallest absolute Gasteiger partial charge is 0.189 e. The van der Waals surface area contributed by atoms with Crippen LogP contribution in [0.3, 0.4) is 0 Å². The lowest BCUT2D eigenvalue weighted by atomic mass is 10.2. The van der Waals surface area contributed by atoms with Crippen LogP contribution >= 0.6 is 0 Å². The second-order valence-electron chi connectivity index (χ2n) is 4.58. The largest absolute Gasteiger partial charge is 0.493 e. The highest BCUT2D eigenvalue weighted by atomic mass is 16.7. The van der Waals surface area contributed by atoms with Gasteiger partial charge in [-0.1, -0.05) is 42.5 Å². The molecule has 0 spiro atoms. The third-order valence-corrected chi connectivity index (χ3v) is 3.05. The van der Waals surface area contributed by atoms with Crippen molar-refractivity contribution in [2.45, 2.75) is 13.2 Å². The highest BCUT2D eigenvalue weighted by molar-refractivity contribution is 5.46. The monoisotopic (exact) mass is 287 g/mol. The molecule has 2 aromatic rings. The van der Waals surface area contributed by atoms with E-state index in [2.05, 4.69) is 5.32 Å². The summed E-state index contributed by atoms with van der Waals surface area (Å²) < 4.78 is 16.6. The maximum atomic E-state index is 5.75. The van der Waals surface area contributed by atoms with E-state index in [1.54, 1.807) is 7.11 Å². The van der Waals surface area contributed by atoms with Gasteiger partial charge in [0.25, 0.3) is 0 Å². The molecule has 0 aliphatic rings. The zero-order chi connectivity index (χ0) is 14.9. The molecule has 4 heteroatoms. The summed E-state index contributed by atoms with van der Waals surface area (Å²) in [6.07, 6.45) is 0. The van der Waals surface area contributed by atoms with Crippen LogP contribution in [0.1, 0.15) is 11.1 Å². The molecule has 0 saturated carbocycles. The van der Waals surface area contributed by atoms with E-state index in [1.807, 2.05) is 55.6 Å². The summed E-state index contributed by atoms with van der Waals surface area (Å²) in [7, 11) is 3.53. The van der Waals surface area contributed by atoms with Crippen LogP contribution in [0.4, 0.5) is 0 Å². The third-order valence-electron chi connectivity index (χ3n) is 3.05. The molecule has 4 nitrogen and oxygen atoms in total. The Balaban J connectivity index is 1.92. The first-order valence-corrected chi connectivity index (χ1v) is 6.90. The first kappa shape index (κ1) is 15.4. The van der Waals surface area contributed by atoms with E-state index >= 15 is 0 Å². The Morgan fingerprint density at radius 2 is 1.81 bits per heavy atom. The van der Waals surface area contributed by atoms with Crippen LogP contribution in [0.15, 0.2) is 48.5 Å². The molecule has 0 aliphatic carbocycles. The molecule has 0 fully saturated rings. The van der Waals surface area contributed by atoms with Crippen LogP contribution in [0.2, 0.25) is 0 Å². The summed E-state index contributed by atoms with van der Waals surface area (Å²) >= 11 is 0. The fourth-order valence-electron chi connectivity index (χ4n) is 2.05. The maximum absolute atomic E-state index is 5.75. The van der Waals surface area contributed by atoms with E-state index in [1.165, 1.54) is 0 Å². The molecule has 0 aromatic heterocycles. The predicted molar refractivity (Wildman–Crippen MR) is 82.5 cm³/mol. The summed E-state index contributed by atoms with van der Waals surface area (Å²) in [5, 5.41) is 3.12. The number of hydrogen-bond donors (Lipinski definition) is 1. The quantitative estimate of drug-likeness (QED) is 0.598. The minimum Gasteiger partial charge on any atom is -0.493 e. The van der Waals surface area contributed by atoms with Crippen molar-refractivity contribution in [1.29, 1.82) is 0 Å². The summed E-state index contributed by atoms with van der Waals surface area (Å²) in [5.41, 5.74) is 2.16. The van der Waals surface area contributed by atoms with Gasteiger partial charge in [-0.25, -0.2) is 0 Å². The molecule has 2 rings (SSSR count). The summed E-state index contributed by atoms with van der Waals surface area (Å²) in [5.74, 6) is 1.44. The number of methoxy groups -OCH3 is 1. The lowest BCUT2D eigenvalue weighted by molar-refractivity contribution is 0.00319. The van der Waals surface area contributed by atoms with Crippen molar-refractivity contribution in [3.8, 4) is 11.5 Å². The van der Waals surface area contributed by atoms with Gasteiger partial charge in [0.2, 0.25) is 0 Å². The van der Waals surface area contributed by atoms with E-state index in [-0.39, 0.29) is 6.79 Å². The number of nitrogens with one attached hydrogen (secondary N) is 1. The average Bonchev–Trinajstić information content (AvgIpc) is 2.53. The lowest BCUT2D eigenvalue weighted by Crippen LogP contribution is -2.10. The number of para-hydroxylation sites is 1. The number of hydrogen-bond acceptors (Lipinski definition) is 4. The normalized spacial score (nSPS) is 10.4. The van der Waals surface area contributed by atoms with Crippen LogP contribution in [0.5, 0.6) is 11.5 Å². The van der Waals surface area contributed by atoms with Crippen LogP contribution in [0, 0.1) is 0 Å². The SMILES string of the molecule is CNCc1cccc(OC)c1OCOCc1ccccc1. The number of rotatable bonds is 8. The van der Waals surface area contributed by atoms with Crippen LogP contribution in [-0.2, 0) is 17.9 Å². The van der Waals surface area contributed by atoms with Crippen molar-refractivity contribution >= 4 is 0 Å². The summed E-state index contributed by atoms with van der Waals surface area (Å²) in [6, 6.07) is 15.8. The maximum Gasteiger partial charge on any atom is 0.189 e. The first-order chi connectivity index (χ1) is 10.3. The van der Waals surface area contributed by atoms with Crippen molar-refractivity contribution in [3.63, 3.8) is 0 Å². The van der Waals surface area contributed by atoms with Crippen molar-refractivity contribution in [2.75, 3.05) is 21.0 Å². The van der Waals surface area contributed by atoms with Crippen molar-refractivity contribution in [2.24, 2.45) is 0 Å². The van der Waals surface area contributed by atoms with Crippen molar-refractivity contribution in [3.05, 3.63) is 59.7 Å². The topological polar surface area (TPSA) is 39.7 Å². The number of ether oxygens (including phenoxy) is 3. The highest BCUT2D eigenvalue weighted by Gasteiger charge is 2.09. The Morgan fingerprint density at radius 3 is 2.52 bits per heavy atom. The van der Waals surface area contributed by atoms with Gasteiger partial charge in [0, 0.05) is 12.1 Å². The fourth-order valence-corrected chi connectivity index (χ4v) is 2.05. The van der Waals surface area contributed by atoms with Crippen molar-refractivity contribution < 1.29 is 14.2 Å². The molecule has 0 atom stereocenters. The molecule has 21 heavy (non-hydrogen) atoms. The molecule has 0 aliphatic heterocycles. The van der Waals surface area contributed by atoms with Gasteiger partial charge >= 0.3 is 0 Å². The first-order valence-electron chi connectivity index (χ1n) is 6.90. The van der Waals surface area contributed by atoms with Crippen molar-refractivity contribution in [1.82, 2.24) is 5.32 Å². The van der Waals surface area contributed by atoms with Crippen LogP contribution in [-0.4, -0.2) is 21.0 Å². The second kappa shape index (κ2) is 8.29. The van der Waals surface area contributed by atoms with E-state index in [4.69, 9.17) is 14.2 Å². The minimum absolute atomic E-state index is 0.186. The minimum atomic E-state index is 0.186.